The highest BCUT2D eigenvalue weighted by Gasteiger charge is 2.38. The van der Waals surface area contributed by atoms with Gasteiger partial charge in [0.25, 0.3) is 5.56 Å². The number of hydrogen-bond acceptors (Lipinski definition) is 8. The van der Waals surface area contributed by atoms with Crippen LogP contribution in [0.1, 0.15) is 24.5 Å². The minimum absolute atomic E-state index is 0.0475. The number of methoxy groups -OCH3 is 2. The Bertz CT molecular complexity index is 1520. The first-order valence-electron chi connectivity index (χ1n) is 13.0. The van der Waals surface area contributed by atoms with E-state index in [1.54, 1.807) is 30.0 Å². The number of aromatic nitrogens is 2. The number of ether oxygens (including phenoxy) is 3. The molecule has 5 rings (SSSR count). The fourth-order valence-corrected chi connectivity index (χ4v) is 5.23. The third kappa shape index (κ3) is 5.29. The van der Waals surface area contributed by atoms with Crippen LogP contribution >= 0.6 is 0 Å². The molecule has 41 heavy (non-hydrogen) atoms. The molecule has 1 atom stereocenters. The lowest BCUT2D eigenvalue weighted by Gasteiger charge is -2.23. The number of anilines is 2. The maximum absolute atomic E-state index is 14.3. The number of amides is 1. The van der Waals surface area contributed by atoms with E-state index in [9.17, 15) is 27.9 Å². The van der Waals surface area contributed by atoms with E-state index in [-0.39, 0.29) is 37.5 Å². The number of nitrogens with zero attached hydrogens (tertiary/aromatic N) is 4. The van der Waals surface area contributed by atoms with Crippen LogP contribution in [0, 0.1) is 0 Å². The van der Waals surface area contributed by atoms with Gasteiger partial charge in [-0.25, -0.2) is 4.79 Å². The zero-order valence-corrected chi connectivity index (χ0v) is 22.7. The van der Waals surface area contributed by atoms with Gasteiger partial charge in [-0.2, -0.15) is 23.0 Å². The molecule has 10 nitrogen and oxygen atoms in total. The molecule has 1 aromatic heterocycles. The van der Waals surface area contributed by atoms with Crippen LogP contribution in [0.2, 0.25) is 0 Å². The number of benzene rings is 2. The van der Waals surface area contributed by atoms with Crippen molar-refractivity contribution in [1.82, 2.24) is 9.78 Å². The maximum Gasteiger partial charge on any atom is 0.418 e. The number of fused-ring (bicyclic) bond motifs is 1. The summed E-state index contributed by atoms with van der Waals surface area (Å²) in [5, 5.41) is 14.5. The minimum Gasteiger partial charge on any atom is -0.497 e. The predicted molar refractivity (Wildman–Crippen MR) is 144 cm³/mol. The van der Waals surface area contributed by atoms with Crippen molar-refractivity contribution in [2.45, 2.75) is 32.0 Å². The molecular weight excluding hydrogens is 545 g/mol. The fraction of sp³-hybridized carbons (Fsp3) is 0.393. The van der Waals surface area contributed by atoms with Crippen LogP contribution in [-0.4, -0.2) is 67.5 Å². The Hall–Kier alpha value is -4.26. The standard InChI is InChI=1S/C28H29F3N4O6/c1-4-41-27(38)34-10-8-21-24(16-11-19(39-2)14-20(12-16)40-3)32-35(26(37)25(21)34)23-13-17(33-9-7-18(36)15-33)5-6-22(23)28(29,30)31/h5-6,11-14,18,36H,4,7-10,15H2,1-3H3. The second kappa shape index (κ2) is 11.0. The molecule has 0 saturated carbocycles. The highest BCUT2D eigenvalue weighted by molar-refractivity contribution is 5.92. The maximum atomic E-state index is 14.3. The lowest BCUT2D eigenvalue weighted by molar-refractivity contribution is -0.137. The molecule has 1 amide bonds. The van der Waals surface area contributed by atoms with Gasteiger partial charge in [0, 0.05) is 42.5 Å². The average Bonchev–Trinajstić information content (AvgIpc) is 3.59. The van der Waals surface area contributed by atoms with Crippen LogP contribution in [0.25, 0.3) is 16.9 Å². The summed E-state index contributed by atoms with van der Waals surface area (Å²) < 4.78 is 59.6. The Labute approximate surface area is 233 Å². The van der Waals surface area contributed by atoms with E-state index in [1.807, 2.05) is 0 Å². The van der Waals surface area contributed by atoms with Gasteiger partial charge in [0.2, 0.25) is 0 Å². The van der Waals surface area contributed by atoms with Crippen LogP contribution in [0.3, 0.4) is 0 Å². The number of alkyl halides is 3. The minimum atomic E-state index is -4.82. The van der Waals surface area contributed by atoms with Crippen LogP contribution in [0.4, 0.5) is 29.3 Å². The molecule has 1 N–H and O–H groups in total. The fourth-order valence-electron chi connectivity index (χ4n) is 5.23. The quantitative estimate of drug-likeness (QED) is 0.471. The van der Waals surface area contributed by atoms with E-state index in [4.69, 9.17) is 14.2 Å². The molecular formula is C28H29F3N4O6. The van der Waals surface area contributed by atoms with Gasteiger partial charge in [0.05, 0.1) is 43.9 Å². The molecule has 0 spiro atoms. The summed E-state index contributed by atoms with van der Waals surface area (Å²) in [7, 11) is 2.91. The first kappa shape index (κ1) is 28.3. The Balaban J connectivity index is 1.80. The van der Waals surface area contributed by atoms with Crippen molar-refractivity contribution < 1.29 is 37.3 Å². The monoisotopic (exact) mass is 574 g/mol. The first-order chi connectivity index (χ1) is 19.5. The molecule has 3 heterocycles. The van der Waals surface area contributed by atoms with E-state index in [2.05, 4.69) is 5.10 Å². The normalized spacial score (nSPS) is 16.6. The van der Waals surface area contributed by atoms with E-state index in [1.165, 1.54) is 26.4 Å². The summed E-state index contributed by atoms with van der Waals surface area (Å²) in [4.78, 5) is 29.7. The highest BCUT2D eigenvalue weighted by atomic mass is 19.4. The molecule has 218 valence electrons. The van der Waals surface area contributed by atoms with Gasteiger partial charge in [-0.15, -0.1) is 0 Å². The molecule has 2 aliphatic rings. The number of aliphatic hydroxyl groups is 1. The molecule has 2 aliphatic heterocycles. The molecule has 0 radical (unpaired) electrons. The number of halogens is 3. The van der Waals surface area contributed by atoms with Crippen molar-refractivity contribution >= 4 is 17.5 Å². The zero-order valence-electron chi connectivity index (χ0n) is 22.7. The van der Waals surface area contributed by atoms with E-state index < -0.39 is 35.2 Å². The molecule has 2 aromatic carbocycles. The summed E-state index contributed by atoms with van der Waals surface area (Å²) in [6, 6.07) is 8.32. The number of hydrogen-bond donors (Lipinski definition) is 1. The van der Waals surface area contributed by atoms with Gasteiger partial charge in [-0.1, -0.05) is 0 Å². The smallest absolute Gasteiger partial charge is 0.418 e. The summed E-state index contributed by atoms with van der Waals surface area (Å²) in [6.07, 6.45) is -5.53. The SMILES string of the molecule is CCOC(=O)N1CCc2c(-c3cc(OC)cc(OC)c3)nn(-c3cc(N4CCC(O)C4)ccc3C(F)(F)F)c(=O)c21. The van der Waals surface area contributed by atoms with Gasteiger partial charge in [-0.05, 0) is 50.1 Å². The average molecular weight is 575 g/mol. The molecule has 1 unspecified atom stereocenters. The molecule has 0 aliphatic carbocycles. The topological polar surface area (TPSA) is 106 Å². The highest BCUT2D eigenvalue weighted by Crippen LogP contribution is 2.39. The Morgan fingerprint density at radius 3 is 2.39 bits per heavy atom. The zero-order chi connectivity index (χ0) is 29.5. The Morgan fingerprint density at radius 2 is 1.80 bits per heavy atom. The largest absolute Gasteiger partial charge is 0.497 e. The molecule has 13 heteroatoms. The first-order valence-corrected chi connectivity index (χ1v) is 13.0. The van der Waals surface area contributed by atoms with Gasteiger partial charge in [0.15, 0.2) is 0 Å². The van der Waals surface area contributed by atoms with E-state index in [0.717, 1.165) is 11.0 Å². The second-order valence-corrected chi connectivity index (χ2v) is 9.68. The van der Waals surface area contributed by atoms with E-state index >= 15 is 0 Å². The van der Waals surface area contributed by atoms with Gasteiger partial charge in [0.1, 0.15) is 17.2 Å². The molecule has 3 aromatic rings. The van der Waals surface area contributed by atoms with Gasteiger partial charge >= 0.3 is 12.3 Å². The van der Waals surface area contributed by atoms with Crippen LogP contribution < -0.4 is 24.8 Å². The third-order valence-corrected chi connectivity index (χ3v) is 7.18. The molecule has 1 fully saturated rings. The summed E-state index contributed by atoms with van der Waals surface area (Å²) in [6.45, 7) is 2.42. The van der Waals surface area contributed by atoms with Crippen LogP contribution in [0.5, 0.6) is 11.5 Å². The summed E-state index contributed by atoms with van der Waals surface area (Å²) in [5.74, 6) is 0.803. The number of β-amino-alcohol motifs (C(OH)–C–C–N with tert-alkyl or cyclic N) is 1. The number of aliphatic hydroxyl groups excluding tert-OH is 1. The van der Waals surface area contributed by atoms with Crippen molar-refractivity contribution in [1.29, 1.82) is 0 Å². The van der Waals surface area contributed by atoms with Crippen molar-refractivity contribution in [3.63, 3.8) is 0 Å². The molecule has 0 bridgehead atoms. The summed E-state index contributed by atoms with van der Waals surface area (Å²) in [5.41, 5.74) is -1.18. The lowest BCUT2D eigenvalue weighted by atomic mass is 10.0. The Kier molecular flexibility index (Phi) is 7.56. The molecule has 1 saturated heterocycles. The predicted octanol–water partition coefficient (Wildman–Crippen LogP) is 4.03. The van der Waals surface area contributed by atoms with Crippen molar-refractivity contribution in [3.05, 3.63) is 57.9 Å². The lowest BCUT2D eigenvalue weighted by Crippen LogP contribution is -2.36. The number of carbonyl (C=O) groups is 1. The van der Waals surface area contributed by atoms with Crippen molar-refractivity contribution in [2.24, 2.45) is 0 Å². The van der Waals surface area contributed by atoms with Gasteiger partial charge < -0.3 is 24.2 Å². The van der Waals surface area contributed by atoms with Crippen molar-refractivity contribution in [3.8, 4) is 28.4 Å². The second-order valence-electron chi connectivity index (χ2n) is 9.68. The Morgan fingerprint density at radius 1 is 1.10 bits per heavy atom. The van der Waals surface area contributed by atoms with Crippen LogP contribution in [-0.2, 0) is 17.3 Å². The summed E-state index contributed by atoms with van der Waals surface area (Å²) >= 11 is 0. The van der Waals surface area contributed by atoms with Crippen molar-refractivity contribution in [2.75, 3.05) is 50.3 Å². The number of rotatable bonds is 6. The third-order valence-electron chi connectivity index (χ3n) is 7.18. The van der Waals surface area contributed by atoms with Crippen LogP contribution in [0.15, 0.2) is 41.2 Å². The van der Waals surface area contributed by atoms with E-state index in [0.29, 0.717) is 46.0 Å². The van der Waals surface area contributed by atoms with Gasteiger partial charge in [-0.3, -0.25) is 9.69 Å². The number of carbonyl (C=O) groups excluding carboxylic acids is 1.